The summed E-state index contributed by atoms with van der Waals surface area (Å²) in [5.74, 6) is 0.225. The third-order valence-corrected chi connectivity index (χ3v) is 5.37. The molecule has 2 saturated carbocycles. The Balaban J connectivity index is 2.25. The Labute approximate surface area is 108 Å². The van der Waals surface area contributed by atoms with Crippen molar-refractivity contribution in [2.24, 2.45) is 16.7 Å². The minimum absolute atomic E-state index is 0.0824. The van der Waals surface area contributed by atoms with Crippen molar-refractivity contribution in [2.75, 3.05) is 0 Å². The molecule has 0 aromatic heterocycles. The van der Waals surface area contributed by atoms with Gasteiger partial charge in [-0.05, 0) is 38.0 Å². The van der Waals surface area contributed by atoms with Gasteiger partial charge in [-0.1, -0.05) is 13.8 Å². The van der Waals surface area contributed by atoms with E-state index in [0.29, 0.717) is 18.8 Å². The van der Waals surface area contributed by atoms with Crippen molar-refractivity contribution in [3.8, 4) is 0 Å². The number of hydrogen-bond donors (Lipinski definition) is 2. The van der Waals surface area contributed by atoms with E-state index in [-0.39, 0.29) is 23.1 Å². The van der Waals surface area contributed by atoms with Crippen molar-refractivity contribution in [1.82, 2.24) is 5.32 Å². The van der Waals surface area contributed by atoms with E-state index >= 15 is 0 Å². The van der Waals surface area contributed by atoms with Gasteiger partial charge in [0.25, 0.3) is 0 Å². The molecular weight excluding hydrogens is 230 g/mol. The van der Waals surface area contributed by atoms with Gasteiger partial charge in [0.15, 0.2) is 0 Å². The van der Waals surface area contributed by atoms with E-state index in [1.807, 2.05) is 13.8 Å². The molecule has 4 atom stereocenters. The van der Waals surface area contributed by atoms with Gasteiger partial charge in [0.1, 0.15) is 11.2 Å². The second kappa shape index (κ2) is 4.05. The highest BCUT2D eigenvalue weighted by Crippen LogP contribution is 2.63. The summed E-state index contributed by atoms with van der Waals surface area (Å²) in [4.78, 5) is 24.8. The minimum atomic E-state index is -0.860. The fraction of sp³-hybridized carbons (Fsp3) is 0.857. The maximum atomic E-state index is 12.5. The van der Waals surface area contributed by atoms with Crippen LogP contribution in [0.2, 0.25) is 0 Å². The summed E-state index contributed by atoms with van der Waals surface area (Å²) in [5, 5.41) is 12.3. The summed E-state index contributed by atoms with van der Waals surface area (Å²) < 4.78 is 0. The van der Waals surface area contributed by atoms with Crippen LogP contribution in [-0.4, -0.2) is 28.9 Å². The van der Waals surface area contributed by atoms with Gasteiger partial charge in [-0.3, -0.25) is 9.59 Å². The number of ketones is 1. The molecule has 2 bridgehead atoms. The average molecular weight is 253 g/mol. The largest absolute Gasteiger partial charge is 0.391 e. The second-order valence-corrected chi connectivity index (χ2v) is 6.49. The Morgan fingerprint density at radius 3 is 2.44 bits per heavy atom. The SMILES string of the molecule is CC(O)C(C)NC(=O)C12CCC(CC1=O)C2(C)C. The van der Waals surface area contributed by atoms with Crippen LogP contribution in [0.4, 0.5) is 0 Å². The van der Waals surface area contributed by atoms with Crippen LogP contribution >= 0.6 is 0 Å². The Morgan fingerprint density at radius 2 is 2.06 bits per heavy atom. The van der Waals surface area contributed by atoms with Crippen molar-refractivity contribution < 1.29 is 14.7 Å². The fourth-order valence-corrected chi connectivity index (χ4v) is 3.66. The number of carbonyl (C=O) groups excluding carboxylic acids is 2. The predicted molar refractivity (Wildman–Crippen MR) is 67.8 cm³/mol. The number of amides is 1. The monoisotopic (exact) mass is 253 g/mol. The third-order valence-electron chi connectivity index (χ3n) is 5.37. The van der Waals surface area contributed by atoms with Crippen LogP contribution in [0.3, 0.4) is 0 Å². The number of rotatable bonds is 3. The molecule has 0 radical (unpaired) electrons. The molecular formula is C14H23NO3. The predicted octanol–water partition coefficient (Wildman–Crippen LogP) is 1.27. The van der Waals surface area contributed by atoms with E-state index < -0.39 is 11.5 Å². The molecule has 4 nitrogen and oxygen atoms in total. The van der Waals surface area contributed by atoms with Crippen molar-refractivity contribution in [3.05, 3.63) is 0 Å². The van der Waals surface area contributed by atoms with Crippen LogP contribution in [-0.2, 0) is 9.59 Å². The second-order valence-electron chi connectivity index (χ2n) is 6.49. The number of carbonyl (C=O) groups is 2. The van der Waals surface area contributed by atoms with E-state index in [0.717, 1.165) is 6.42 Å². The van der Waals surface area contributed by atoms with Gasteiger partial charge < -0.3 is 10.4 Å². The van der Waals surface area contributed by atoms with E-state index in [2.05, 4.69) is 5.32 Å². The van der Waals surface area contributed by atoms with Crippen LogP contribution in [0, 0.1) is 16.7 Å². The van der Waals surface area contributed by atoms with Crippen molar-refractivity contribution in [1.29, 1.82) is 0 Å². The zero-order valence-electron chi connectivity index (χ0n) is 11.6. The highest BCUT2D eigenvalue weighted by Gasteiger charge is 2.68. The summed E-state index contributed by atoms with van der Waals surface area (Å²) >= 11 is 0. The van der Waals surface area contributed by atoms with Crippen molar-refractivity contribution >= 4 is 11.7 Å². The molecule has 0 aromatic rings. The zero-order chi connectivity index (χ0) is 13.7. The molecule has 2 N–H and O–H groups in total. The van der Waals surface area contributed by atoms with Crippen LogP contribution < -0.4 is 5.32 Å². The van der Waals surface area contributed by atoms with E-state index in [4.69, 9.17) is 0 Å². The van der Waals surface area contributed by atoms with Crippen LogP contribution in [0.15, 0.2) is 0 Å². The number of Topliss-reactive ketones (excluding diaryl/α,β-unsaturated/α-hetero) is 1. The van der Waals surface area contributed by atoms with E-state index in [9.17, 15) is 14.7 Å². The van der Waals surface area contributed by atoms with Gasteiger partial charge in [-0.15, -0.1) is 0 Å². The zero-order valence-corrected chi connectivity index (χ0v) is 11.6. The molecule has 1 amide bonds. The Hall–Kier alpha value is -0.900. The summed E-state index contributed by atoms with van der Waals surface area (Å²) in [6, 6.07) is -0.324. The van der Waals surface area contributed by atoms with Crippen LogP contribution in [0.1, 0.15) is 47.0 Å². The lowest BCUT2D eigenvalue weighted by molar-refractivity contribution is -0.145. The quantitative estimate of drug-likeness (QED) is 0.744. The van der Waals surface area contributed by atoms with Crippen LogP contribution in [0.5, 0.6) is 0 Å². The summed E-state index contributed by atoms with van der Waals surface area (Å²) in [6.07, 6.45) is 1.53. The minimum Gasteiger partial charge on any atom is -0.391 e. The van der Waals surface area contributed by atoms with Gasteiger partial charge in [0, 0.05) is 6.42 Å². The Kier molecular flexibility index (Phi) is 3.05. The molecule has 0 saturated heterocycles. The molecule has 18 heavy (non-hydrogen) atoms. The smallest absolute Gasteiger partial charge is 0.234 e. The summed E-state index contributed by atoms with van der Waals surface area (Å²) in [5.41, 5.74) is -1.12. The van der Waals surface area contributed by atoms with Crippen molar-refractivity contribution in [2.45, 2.75) is 59.1 Å². The number of aliphatic hydroxyl groups is 1. The lowest BCUT2D eigenvalue weighted by atomic mass is 9.68. The molecule has 2 aliphatic carbocycles. The van der Waals surface area contributed by atoms with Gasteiger partial charge in [-0.2, -0.15) is 0 Å². The number of aliphatic hydroxyl groups excluding tert-OH is 1. The molecule has 102 valence electrons. The lowest BCUT2D eigenvalue weighted by Crippen LogP contribution is -2.53. The van der Waals surface area contributed by atoms with Crippen molar-refractivity contribution in [3.63, 3.8) is 0 Å². The summed E-state index contributed by atoms with van der Waals surface area (Å²) in [7, 11) is 0. The molecule has 4 heteroatoms. The third kappa shape index (κ3) is 1.54. The first-order valence-corrected chi connectivity index (χ1v) is 6.76. The Morgan fingerprint density at radius 1 is 1.44 bits per heavy atom. The molecule has 4 unspecified atom stereocenters. The molecule has 2 fully saturated rings. The molecule has 0 aromatic carbocycles. The highest BCUT2D eigenvalue weighted by atomic mass is 16.3. The van der Waals surface area contributed by atoms with Gasteiger partial charge >= 0.3 is 0 Å². The molecule has 2 rings (SSSR count). The maximum Gasteiger partial charge on any atom is 0.234 e. The maximum absolute atomic E-state index is 12.5. The average Bonchev–Trinajstić information content (AvgIpc) is 2.62. The first-order valence-electron chi connectivity index (χ1n) is 6.76. The number of fused-ring (bicyclic) bond motifs is 2. The molecule has 0 aliphatic heterocycles. The van der Waals surface area contributed by atoms with Gasteiger partial charge in [0.2, 0.25) is 5.91 Å². The molecule has 0 spiro atoms. The van der Waals surface area contributed by atoms with E-state index in [1.165, 1.54) is 0 Å². The van der Waals surface area contributed by atoms with E-state index in [1.54, 1.807) is 13.8 Å². The molecule has 0 heterocycles. The number of hydrogen-bond acceptors (Lipinski definition) is 3. The van der Waals surface area contributed by atoms with Crippen LogP contribution in [0.25, 0.3) is 0 Å². The fourth-order valence-electron chi connectivity index (χ4n) is 3.66. The first-order chi connectivity index (χ1) is 8.23. The lowest BCUT2D eigenvalue weighted by Gasteiger charge is -2.36. The van der Waals surface area contributed by atoms with Gasteiger partial charge in [0.05, 0.1) is 12.1 Å². The van der Waals surface area contributed by atoms with Gasteiger partial charge in [-0.25, -0.2) is 0 Å². The normalized spacial score (nSPS) is 36.5. The standard InChI is InChI=1S/C14H23NO3/c1-8(9(2)16)15-12(18)14-6-5-10(7-11(14)17)13(14,3)4/h8-10,16H,5-7H2,1-4H3,(H,15,18). The highest BCUT2D eigenvalue weighted by molar-refractivity contribution is 6.09. The number of nitrogens with one attached hydrogen (secondary N) is 1. The first kappa shape index (κ1) is 13.5. The topological polar surface area (TPSA) is 66.4 Å². The Bertz CT molecular complexity index is 389. The molecule has 2 aliphatic rings. The summed E-state index contributed by atoms with van der Waals surface area (Å²) in [6.45, 7) is 7.46.